The molecule has 59 heavy (non-hydrogen) atoms. The number of aromatic amines is 1. The predicted molar refractivity (Wildman–Crippen MR) is 219 cm³/mol. The van der Waals surface area contributed by atoms with Crippen LogP contribution in [0, 0.1) is 13.8 Å². The smallest absolute Gasteiger partial charge is 0.264 e. The van der Waals surface area contributed by atoms with Crippen LogP contribution in [0.25, 0.3) is 33.1 Å². The summed E-state index contributed by atoms with van der Waals surface area (Å²) in [6, 6.07) is 10.2. The fourth-order valence-electron chi connectivity index (χ4n) is 8.21. The Morgan fingerprint density at radius 3 is 2.54 bits per heavy atom. The average Bonchev–Trinajstić information content (AvgIpc) is 3.67. The van der Waals surface area contributed by atoms with Crippen LogP contribution in [0.1, 0.15) is 95.1 Å². The Kier molecular flexibility index (Phi) is 9.82. The number of nitrogens with zero attached hydrogens (tertiary/aromatic N) is 6. The number of piperidine rings is 1. The number of anilines is 3. The number of rotatable bonds is 15. The van der Waals surface area contributed by atoms with Crippen molar-refractivity contribution in [2.24, 2.45) is 0 Å². The SMILES string of the molecule is CCn1nc(C2CC2)cc1Nc1nc(CNCCCCNc2cccc3c2C(=O)N(C2CCC(=O)NC2=O)C3=O)nc2[nH]c3cc(-c4c(C)noc4C)c(OC)cc3c12. The molecule has 9 rings (SSSR count). The van der Waals surface area contributed by atoms with Gasteiger partial charge in [-0.15, -0.1) is 0 Å². The number of hydrogen-bond donors (Lipinski definition) is 5. The van der Waals surface area contributed by atoms with Crippen LogP contribution in [0.2, 0.25) is 0 Å². The minimum absolute atomic E-state index is 0.0683. The first-order chi connectivity index (χ1) is 28.6. The summed E-state index contributed by atoms with van der Waals surface area (Å²) in [6.45, 7) is 8.23. The molecule has 0 bridgehead atoms. The quantitative estimate of drug-likeness (QED) is 0.0632. The third-order valence-corrected chi connectivity index (χ3v) is 11.3. The van der Waals surface area contributed by atoms with E-state index in [4.69, 9.17) is 24.3 Å². The van der Waals surface area contributed by atoms with E-state index < -0.39 is 29.7 Å². The number of unbranched alkanes of at least 4 members (excludes halogenated alkanes) is 1. The van der Waals surface area contributed by atoms with E-state index in [1.807, 2.05) is 30.7 Å². The number of carbonyl (C=O) groups excluding carboxylic acids is 4. The Labute approximate surface area is 338 Å². The number of methoxy groups -OCH3 is 1. The Morgan fingerprint density at radius 1 is 0.966 bits per heavy atom. The molecule has 4 aromatic heterocycles. The van der Waals surface area contributed by atoms with Crippen molar-refractivity contribution in [3.63, 3.8) is 0 Å². The summed E-state index contributed by atoms with van der Waals surface area (Å²) in [5.41, 5.74) is 6.20. The number of aromatic nitrogens is 6. The second kappa shape index (κ2) is 15.3. The van der Waals surface area contributed by atoms with Gasteiger partial charge in [0, 0.05) is 53.6 Å². The maximum absolute atomic E-state index is 13.5. The Morgan fingerprint density at radius 2 is 1.80 bits per heavy atom. The van der Waals surface area contributed by atoms with Crippen molar-refractivity contribution >= 4 is 62.9 Å². The molecule has 3 aliphatic rings. The molecule has 2 aromatic carbocycles. The number of H-pyrrole nitrogens is 1. The summed E-state index contributed by atoms with van der Waals surface area (Å²) in [4.78, 5) is 65.4. The third-order valence-electron chi connectivity index (χ3n) is 11.3. The van der Waals surface area contributed by atoms with Crippen LogP contribution in [0.3, 0.4) is 0 Å². The van der Waals surface area contributed by atoms with Crippen molar-refractivity contribution < 1.29 is 28.4 Å². The molecule has 1 saturated carbocycles. The first kappa shape index (κ1) is 37.9. The van der Waals surface area contributed by atoms with E-state index in [0.29, 0.717) is 66.6 Å². The minimum atomic E-state index is -1.01. The van der Waals surface area contributed by atoms with Gasteiger partial charge >= 0.3 is 0 Å². The van der Waals surface area contributed by atoms with Crippen LogP contribution < -0.4 is 26.0 Å². The first-order valence-corrected chi connectivity index (χ1v) is 20.1. The largest absolute Gasteiger partial charge is 0.496 e. The number of imide groups is 2. The van der Waals surface area contributed by atoms with Crippen molar-refractivity contribution in [3.05, 3.63) is 70.5 Å². The molecule has 0 spiro atoms. The molecule has 1 aliphatic carbocycles. The van der Waals surface area contributed by atoms with Gasteiger partial charge in [0.2, 0.25) is 11.8 Å². The molecule has 17 heteroatoms. The summed E-state index contributed by atoms with van der Waals surface area (Å²) in [6.07, 6.45) is 4.06. The van der Waals surface area contributed by atoms with Gasteiger partial charge in [-0.25, -0.2) is 14.6 Å². The van der Waals surface area contributed by atoms with Crippen LogP contribution in [0.4, 0.5) is 17.3 Å². The normalized spacial score (nSPS) is 16.7. The van der Waals surface area contributed by atoms with Gasteiger partial charge < -0.3 is 30.2 Å². The van der Waals surface area contributed by atoms with E-state index in [9.17, 15) is 19.2 Å². The second-order valence-corrected chi connectivity index (χ2v) is 15.3. The number of aryl methyl sites for hydroxylation is 3. The molecule has 5 N–H and O–H groups in total. The average molecular weight is 800 g/mol. The molecule has 6 heterocycles. The van der Waals surface area contributed by atoms with Gasteiger partial charge in [0.05, 0.1) is 47.1 Å². The lowest BCUT2D eigenvalue weighted by atomic mass is 10.0. The zero-order valence-corrected chi connectivity index (χ0v) is 33.3. The van der Waals surface area contributed by atoms with Crippen molar-refractivity contribution in [1.29, 1.82) is 0 Å². The lowest BCUT2D eigenvalue weighted by molar-refractivity contribution is -0.136. The summed E-state index contributed by atoms with van der Waals surface area (Å²) in [5, 5.41) is 23.4. The molecule has 1 saturated heterocycles. The fraction of sp³-hybridized carbons (Fsp3) is 0.381. The van der Waals surface area contributed by atoms with Gasteiger partial charge in [-0.3, -0.25) is 29.4 Å². The molecule has 6 aromatic rings. The van der Waals surface area contributed by atoms with E-state index in [2.05, 4.69) is 44.4 Å². The summed E-state index contributed by atoms with van der Waals surface area (Å²) < 4.78 is 13.4. The number of benzene rings is 2. The van der Waals surface area contributed by atoms with E-state index in [1.165, 1.54) is 0 Å². The third kappa shape index (κ3) is 6.94. The molecule has 1 unspecified atom stereocenters. The maximum atomic E-state index is 13.5. The highest BCUT2D eigenvalue weighted by Crippen LogP contribution is 2.43. The summed E-state index contributed by atoms with van der Waals surface area (Å²) >= 11 is 0. The first-order valence-electron chi connectivity index (χ1n) is 20.1. The van der Waals surface area contributed by atoms with Crippen LogP contribution in [-0.2, 0) is 22.7 Å². The van der Waals surface area contributed by atoms with E-state index in [0.717, 1.165) is 75.2 Å². The number of ether oxygens (including phenoxy) is 1. The van der Waals surface area contributed by atoms with Gasteiger partial charge in [0.25, 0.3) is 11.8 Å². The Balaban J connectivity index is 0.903. The standard InChI is InChI=1S/C42H45N11O6/c1-5-52-33(19-28(50-52)23-11-12-23)48-39-37-25-18-31(58-4)26(35-21(2)51-59-22(35)3)17-29(25)45-38(37)46-32(47-39)20-43-15-6-7-16-44-27-10-8-9-24-36(27)42(57)53(41(24)56)30-13-14-34(54)49-40(30)55/h8-10,17-19,23,30,43-44H,5-7,11-16,20H2,1-4H3,(H,49,54,55)(H2,45,46,47,48). The molecular formula is C42H45N11O6. The predicted octanol–water partition coefficient (Wildman–Crippen LogP) is 5.61. The lowest BCUT2D eigenvalue weighted by Gasteiger charge is -2.27. The number of fused-ring (bicyclic) bond motifs is 4. The van der Waals surface area contributed by atoms with Gasteiger partial charge in [0.15, 0.2) is 0 Å². The molecular weight excluding hydrogens is 755 g/mol. The molecule has 1 atom stereocenters. The molecule has 2 aliphatic heterocycles. The van der Waals surface area contributed by atoms with Crippen LogP contribution in [0.15, 0.2) is 40.9 Å². The van der Waals surface area contributed by atoms with Gasteiger partial charge in [-0.05, 0) is 83.7 Å². The van der Waals surface area contributed by atoms with E-state index in [1.54, 1.807) is 25.3 Å². The molecule has 0 radical (unpaired) electrons. The van der Waals surface area contributed by atoms with Crippen LogP contribution in [-0.4, -0.2) is 84.7 Å². The number of hydrogen-bond acceptors (Lipinski definition) is 13. The zero-order valence-electron chi connectivity index (χ0n) is 33.3. The van der Waals surface area contributed by atoms with Crippen molar-refractivity contribution in [3.8, 4) is 16.9 Å². The number of nitrogens with one attached hydrogen (secondary N) is 5. The van der Waals surface area contributed by atoms with Crippen molar-refractivity contribution in [1.82, 2.24) is 45.4 Å². The Bertz CT molecular complexity index is 2650. The Hall–Kier alpha value is -6.62. The highest BCUT2D eigenvalue weighted by atomic mass is 16.5. The molecule has 2 fully saturated rings. The topological polar surface area (TPSA) is 214 Å². The van der Waals surface area contributed by atoms with Gasteiger partial charge in [-0.1, -0.05) is 11.2 Å². The van der Waals surface area contributed by atoms with E-state index >= 15 is 0 Å². The monoisotopic (exact) mass is 799 g/mol. The molecule has 304 valence electrons. The molecule has 4 amide bonds. The van der Waals surface area contributed by atoms with E-state index in [-0.39, 0.29) is 24.0 Å². The van der Waals surface area contributed by atoms with Gasteiger partial charge in [-0.2, -0.15) is 5.10 Å². The highest BCUT2D eigenvalue weighted by molar-refractivity contribution is 6.25. The highest BCUT2D eigenvalue weighted by Gasteiger charge is 2.45. The maximum Gasteiger partial charge on any atom is 0.264 e. The minimum Gasteiger partial charge on any atom is -0.496 e. The van der Waals surface area contributed by atoms with Crippen molar-refractivity contribution in [2.45, 2.75) is 84.3 Å². The second-order valence-electron chi connectivity index (χ2n) is 15.3. The zero-order chi connectivity index (χ0) is 40.9. The summed E-state index contributed by atoms with van der Waals surface area (Å²) in [5.74, 6) is 1.91. The summed E-state index contributed by atoms with van der Waals surface area (Å²) in [7, 11) is 1.65. The van der Waals surface area contributed by atoms with Crippen LogP contribution >= 0.6 is 0 Å². The number of amides is 4. The molecule has 17 nitrogen and oxygen atoms in total. The number of carbonyl (C=O) groups is 4. The van der Waals surface area contributed by atoms with Crippen molar-refractivity contribution in [2.75, 3.05) is 30.8 Å². The van der Waals surface area contributed by atoms with Crippen LogP contribution in [0.5, 0.6) is 5.75 Å². The van der Waals surface area contributed by atoms with Gasteiger partial charge in [0.1, 0.15) is 40.7 Å². The lowest BCUT2D eigenvalue weighted by Crippen LogP contribution is -2.54. The fourth-order valence-corrected chi connectivity index (χ4v) is 8.21.